The van der Waals surface area contributed by atoms with E-state index in [1.807, 2.05) is 0 Å². The van der Waals surface area contributed by atoms with E-state index in [1.165, 1.54) is 0 Å². The molecule has 0 atom stereocenters. The Hall–Kier alpha value is -1.99. The highest BCUT2D eigenvalue weighted by molar-refractivity contribution is 5.79. The van der Waals surface area contributed by atoms with E-state index < -0.39 is 17.6 Å². The molecule has 0 aliphatic carbocycles. The first-order valence-corrected chi connectivity index (χ1v) is 4.80. The number of benzene rings is 1. The van der Waals surface area contributed by atoms with Crippen molar-refractivity contribution in [1.29, 1.82) is 0 Å². The highest BCUT2D eigenvalue weighted by Gasteiger charge is 2.34. The van der Waals surface area contributed by atoms with Gasteiger partial charge in [0.2, 0.25) is 0 Å². The van der Waals surface area contributed by atoms with Crippen LogP contribution in [0, 0.1) is 5.82 Å². The molecule has 0 spiro atoms. The van der Waals surface area contributed by atoms with Gasteiger partial charge in [-0.2, -0.15) is 13.2 Å². The average Bonchev–Trinajstić information content (AvgIpc) is 2.29. The van der Waals surface area contributed by atoms with Gasteiger partial charge < -0.3 is 15.7 Å². The SMILES string of the molecule is N/C(CCOc1ccc(F)c(C(F)(F)F)c1)=N/O. The van der Waals surface area contributed by atoms with Gasteiger partial charge in [0.1, 0.15) is 17.4 Å². The lowest BCUT2D eigenvalue weighted by Crippen LogP contribution is -2.15. The van der Waals surface area contributed by atoms with E-state index >= 15 is 0 Å². The number of amidine groups is 1. The second-order valence-corrected chi connectivity index (χ2v) is 3.33. The zero-order valence-electron chi connectivity index (χ0n) is 9.04. The number of ether oxygens (including phenoxy) is 1. The summed E-state index contributed by atoms with van der Waals surface area (Å²) < 4.78 is 55.0. The Bertz CT molecular complexity index is 446. The van der Waals surface area contributed by atoms with Crippen LogP contribution in [0.3, 0.4) is 0 Å². The molecule has 0 aromatic heterocycles. The molecule has 8 heteroatoms. The smallest absolute Gasteiger partial charge is 0.419 e. The standard InChI is InChI=1S/C10H10F4N2O2/c11-8-2-1-6(5-7(8)10(12,13)14)18-4-3-9(15)16-17/h1-2,5,17H,3-4H2,(H2,15,16). The summed E-state index contributed by atoms with van der Waals surface area (Å²) in [6.07, 6.45) is -4.75. The third-order valence-electron chi connectivity index (χ3n) is 2.00. The predicted octanol–water partition coefficient (Wildman–Crippen LogP) is 2.36. The van der Waals surface area contributed by atoms with E-state index in [0.717, 1.165) is 6.07 Å². The molecule has 4 nitrogen and oxygen atoms in total. The number of rotatable bonds is 4. The Morgan fingerprint density at radius 3 is 2.61 bits per heavy atom. The van der Waals surface area contributed by atoms with E-state index in [0.29, 0.717) is 12.1 Å². The van der Waals surface area contributed by atoms with Crippen molar-refractivity contribution >= 4 is 5.84 Å². The van der Waals surface area contributed by atoms with E-state index in [9.17, 15) is 17.6 Å². The Morgan fingerprint density at radius 2 is 2.06 bits per heavy atom. The molecule has 0 heterocycles. The van der Waals surface area contributed by atoms with Gasteiger partial charge in [0.15, 0.2) is 0 Å². The minimum Gasteiger partial charge on any atom is -0.493 e. The lowest BCUT2D eigenvalue weighted by atomic mass is 10.2. The summed E-state index contributed by atoms with van der Waals surface area (Å²) in [4.78, 5) is 0. The van der Waals surface area contributed by atoms with Crippen molar-refractivity contribution in [1.82, 2.24) is 0 Å². The van der Waals surface area contributed by atoms with Crippen molar-refractivity contribution in [3.63, 3.8) is 0 Å². The van der Waals surface area contributed by atoms with Crippen molar-refractivity contribution in [3.8, 4) is 5.75 Å². The average molecular weight is 266 g/mol. The fourth-order valence-corrected chi connectivity index (χ4v) is 1.13. The van der Waals surface area contributed by atoms with Gasteiger partial charge in [0, 0.05) is 6.42 Å². The number of oxime groups is 1. The van der Waals surface area contributed by atoms with Crippen molar-refractivity contribution in [2.45, 2.75) is 12.6 Å². The highest BCUT2D eigenvalue weighted by Crippen LogP contribution is 2.33. The molecule has 0 amide bonds. The summed E-state index contributed by atoms with van der Waals surface area (Å²) >= 11 is 0. The van der Waals surface area contributed by atoms with E-state index in [1.54, 1.807) is 0 Å². The Balaban J connectivity index is 2.74. The maximum atomic E-state index is 12.9. The zero-order valence-corrected chi connectivity index (χ0v) is 9.04. The Morgan fingerprint density at radius 1 is 1.39 bits per heavy atom. The van der Waals surface area contributed by atoms with E-state index in [4.69, 9.17) is 15.7 Å². The minimum absolute atomic E-state index is 0.0369. The van der Waals surface area contributed by atoms with Crippen LogP contribution >= 0.6 is 0 Å². The Kier molecular flexibility index (Phi) is 4.35. The van der Waals surface area contributed by atoms with Gasteiger partial charge in [-0.3, -0.25) is 0 Å². The first kappa shape index (κ1) is 14.1. The second kappa shape index (κ2) is 5.56. The summed E-state index contributed by atoms with van der Waals surface area (Å²) in [5, 5.41) is 10.9. The quantitative estimate of drug-likeness (QED) is 0.289. The van der Waals surface area contributed by atoms with Crippen molar-refractivity contribution in [3.05, 3.63) is 29.6 Å². The Labute approximate surface area is 99.7 Å². The molecule has 0 unspecified atom stereocenters. The fourth-order valence-electron chi connectivity index (χ4n) is 1.13. The van der Waals surface area contributed by atoms with E-state index in [-0.39, 0.29) is 24.6 Å². The second-order valence-electron chi connectivity index (χ2n) is 3.33. The van der Waals surface area contributed by atoms with Gasteiger partial charge in [-0.15, -0.1) is 0 Å². The topological polar surface area (TPSA) is 67.8 Å². The van der Waals surface area contributed by atoms with Crippen LogP contribution in [-0.2, 0) is 6.18 Å². The molecule has 0 fully saturated rings. The minimum atomic E-state index is -4.78. The summed E-state index contributed by atoms with van der Waals surface area (Å²) in [7, 11) is 0. The summed E-state index contributed by atoms with van der Waals surface area (Å²) in [6, 6.07) is 2.29. The van der Waals surface area contributed by atoms with Gasteiger partial charge in [-0.1, -0.05) is 5.16 Å². The lowest BCUT2D eigenvalue weighted by molar-refractivity contribution is -0.140. The van der Waals surface area contributed by atoms with Crippen LogP contribution in [0.25, 0.3) is 0 Å². The van der Waals surface area contributed by atoms with E-state index in [2.05, 4.69) is 5.16 Å². The first-order chi connectivity index (χ1) is 8.34. The number of alkyl halides is 3. The third kappa shape index (κ3) is 3.79. The third-order valence-corrected chi connectivity index (χ3v) is 2.00. The molecular formula is C10H10F4N2O2. The lowest BCUT2D eigenvalue weighted by Gasteiger charge is -2.11. The van der Waals surface area contributed by atoms with Gasteiger partial charge in [0.05, 0.1) is 12.2 Å². The van der Waals surface area contributed by atoms with Crippen LogP contribution in [0.2, 0.25) is 0 Å². The fraction of sp³-hybridized carbons (Fsp3) is 0.300. The number of hydrogen-bond acceptors (Lipinski definition) is 3. The zero-order chi connectivity index (χ0) is 13.8. The van der Waals surface area contributed by atoms with Crippen LogP contribution in [0.4, 0.5) is 17.6 Å². The summed E-state index contributed by atoms with van der Waals surface area (Å²) in [6.45, 7) is -0.0845. The maximum Gasteiger partial charge on any atom is 0.419 e. The number of nitrogens with zero attached hydrogens (tertiary/aromatic N) is 1. The molecule has 0 bridgehead atoms. The first-order valence-electron chi connectivity index (χ1n) is 4.80. The highest BCUT2D eigenvalue weighted by atomic mass is 19.4. The molecule has 18 heavy (non-hydrogen) atoms. The van der Waals surface area contributed by atoms with Gasteiger partial charge in [-0.25, -0.2) is 4.39 Å². The number of hydrogen-bond donors (Lipinski definition) is 2. The molecule has 0 radical (unpaired) electrons. The summed E-state index contributed by atoms with van der Waals surface area (Å²) in [5.74, 6) is -1.63. The van der Waals surface area contributed by atoms with Gasteiger partial charge in [0.25, 0.3) is 0 Å². The van der Waals surface area contributed by atoms with Crippen LogP contribution in [0.15, 0.2) is 23.4 Å². The molecule has 3 N–H and O–H groups in total. The molecule has 0 aliphatic rings. The van der Waals surface area contributed by atoms with Crippen molar-refractivity contribution in [2.24, 2.45) is 10.9 Å². The molecule has 100 valence electrons. The monoisotopic (exact) mass is 266 g/mol. The molecular weight excluding hydrogens is 256 g/mol. The van der Waals surface area contributed by atoms with Crippen LogP contribution in [-0.4, -0.2) is 17.6 Å². The molecule has 0 saturated heterocycles. The van der Waals surface area contributed by atoms with Crippen molar-refractivity contribution < 1.29 is 27.5 Å². The maximum absolute atomic E-state index is 12.9. The van der Waals surface area contributed by atoms with Crippen LogP contribution in [0.1, 0.15) is 12.0 Å². The molecule has 1 aromatic carbocycles. The van der Waals surface area contributed by atoms with Gasteiger partial charge >= 0.3 is 6.18 Å². The number of nitrogens with two attached hydrogens (primary N) is 1. The van der Waals surface area contributed by atoms with Gasteiger partial charge in [-0.05, 0) is 18.2 Å². The van der Waals surface area contributed by atoms with Crippen LogP contribution in [0.5, 0.6) is 5.75 Å². The molecule has 0 saturated carbocycles. The molecule has 1 aromatic rings. The predicted molar refractivity (Wildman–Crippen MR) is 54.9 cm³/mol. The number of halogens is 4. The summed E-state index contributed by atoms with van der Waals surface area (Å²) in [5.41, 5.74) is 3.74. The largest absolute Gasteiger partial charge is 0.493 e. The molecule has 1 rings (SSSR count). The van der Waals surface area contributed by atoms with Crippen LogP contribution < -0.4 is 10.5 Å². The van der Waals surface area contributed by atoms with Crippen molar-refractivity contribution in [2.75, 3.05) is 6.61 Å². The normalized spacial score (nSPS) is 12.6. The molecule has 0 aliphatic heterocycles.